The third-order valence-corrected chi connectivity index (χ3v) is 3.42. The summed E-state index contributed by atoms with van der Waals surface area (Å²) in [5.41, 5.74) is 1.15. The first-order chi connectivity index (χ1) is 7.79. The second kappa shape index (κ2) is 6.77. The molecule has 1 fully saturated rings. The van der Waals surface area contributed by atoms with Crippen LogP contribution in [0.3, 0.4) is 0 Å². The summed E-state index contributed by atoms with van der Waals surface area (Å²) >= 11 is 1.82. The van der Waals surface area contributed by atoms with Gasteiger partial charge in [-0.05, 0) is 23.4 Å². The van der Waals surface area contributed by atoms with Gasteiger partial charge in [0.1, 0.15) is 0 Å². The van der Waals surface area contributed by atoms with Gasteiger partial charge in [0.05, 0.1) is 12.6 Å². The van der Waals surface area contributed by atoms with Crippen molar-refractivity contribution in [1.29, 1.82) is 0 Å². The topological polar surface area (TPSA) is 38.3 Å². The van der Waals surface area contributed by atoms with Gasteiger partial charge >= 0.3 is 6.09 Å². The molecule has 1 aromatic rings. The van der Waals surface area contributed by atoms with Crippen LogP contribution in [-0.2, 0) is 4.74 Å². The standard InChI is InChI=1S/C12H15NO2S.ClH/c1-2-16-10-5-3-9(4-6-10)11-7-8-15-12(14)13-11;/h3-6,11H,2,7-8H2,1H3,(H,13,14);1H/t11-;/m1./s1. The number of hydrogen-bond acceptors (Lipinski definition) is 3. The van der Waals surface area contributed by atoms with Crippen molar-refractivity contribution in [3.8, 4) is 0 Å². The maximum atomic E-state index is 11.1. The lowest BCUT2D eigenvalue weighted by Crippen LogP contribution is -2.35. The van der Waals surface area contributed by atoms with Crippen molar-refractivity contribution in [2.75, 3.05) is 12.4 Å². The lowest BCUT2D eigenvalue weighted by molar-refractivity contribution is 0.115. The van der Waals surface area contributed by atoms with Gasteiger partial charge in [-0.2, -0.15) is 0 Å². The van der Waals surface area contributed by atoms with E-state index in [0.717, 1.165) is 17.7 Å². The summed E-state index contributed by atoms with van der Waals surface area (Å²) in [4.78, 5) is 12.3. The Kier molecular flexibility index (Phi) is 5.65. The zero-order chi connectivity index (χ0) is 11.4. The molecular formula is C12H16ClNO2S. The number of thioether (sulfide) groups is 1. The van der Waals surface area contributed by atoms with Crippen LogP contribution in [0.2, 0.25) is 0 Å². The van der Waals surface area contributed by atoms with Crippen molar-refractivity contribution in [3.05, 3.63) is 29.8 Å². The molecule has 1 aliphatic heterocycles. The molecule has 3 nitrogen and oxygen atoms in total. The second-order valence-corrected chi connectivity index (χ2v) is 4.96. The highest BCUT2D eigenvalue weighted by molar-refractivity contribution is 7.99. The first-order valence-corrected chi connectivity index (χ1v) is 6.44. The Morgan fingerprint density at radius 1 is 1.41 bits per heavy atom. The Balaban J connectivity index is 0.00000144. The Morgan fingerprint density at radius 3 is 2.71 bits per heavy atom. The van der Waals surface area contributed by atoms with Gasteiger partial charge in [0.25, 0.3) is 0 Å². The smallest absolute Gasteiger partial charge is 0.407 e. The van der Waals surface area contributed by atoms with E-state index in [2.05, 4.69) is 36.5 Å². The molecule has 0 spiro atoms. The number of alkyl carbamates (subject to hydrolysis) is 1. The fraction of sp³-hybridized carbons (Fsp3) is 0.417. The zero-order valence-electron chi connectivity index (χ0n) is 9.64. The van der Waals surface area contributed by atoms with E-state index in [0.29, 0.717) is 6.61 Å². The molecule has 0 aliphatic carbocycles. The summed E-state index contributed by atoms with van der Waals surface area (Å²) in [6, 6.07) is 8.46. The summed E-state index contributed by atoms with van der Waals surface area (Å²) in [7, 11) is 0. The first kappa shape index (κ1) is 14.2. The Morgan fingerprint density at radius 2 is 2.12 bits per heavy atom. The summed E-state index contributed by atoms with van der Waals surface area (Å²) in [5.74, 6) is 1.08. The highest BCUT2D eigenvalue weighted by Crippen LogP contribution is 2.23. The van der Waals surface area contributed by atoms with Gasteiger partial charge in [0.15, 0.2) is 0 Å². The van der Waals surface area contributed by atoms with Crippen molar-refractivity contribution in [2.45, 2.75) is 24.3 Å². The number of benzene rings is 1. The molecular weight excluding hydrogens is 258 g/mol. The van der Waals surface area contributed by atoms with Crippen LogP contribution in [0.25, 0.3) is 0 Å². The molecule has 1 amide bonds. The van der Waals surface area contributed by atoms with Gasteiger partial charge in [-0.3, -0.25) is 0 Å². The monoisotopic (exact) mass is 273 g/mol. The van der Waals surface area contributed by atoms with Crippen LogP contribution in [0.15, 0.2) is 29.2 Å². The van der Waals surface area contributed by atoms with Crippen molar-refractivity contribution in [2.24, 2.45) is 0 Å². The molecule has 1 atom stereocenters. The van der Waals surface area contributed by atoms with Gasteiger partial charge in [-0.1, -0.05) is 19.1 Å². The minimum Gasteiger partial charge on any atom is -0.449 e. The third-order valence-electron chi connectivity index (χ3n) is 2.53. The summed E-state index contributed by atoms with van der Waals surface area (Å²) in [6.07, 6.45) is 0.523. The quantitative estimate of drug-likeness (QED) is 0.858. The fourth-order valence-corrected chi connectivity index (χ4v) is 2.40. The van der Waals surface area contributed by atoms with Crippen molar-refractivity contribution < 1.29 is 9.53 Å². The van der Waals surface area contributed by atoms with Crippen LogP contribution < -0.4 is 5.32 Å². The number of carbonyl (C=O) groups excluding carboxylic acids is 1. The Bertz CT molecular complexity index is 369. The van der Waals surface area contributed by atoms with Gasteiger partial charge < -0.3 is 10.1 Å². The zero-order valence-corrected chi connectivity index (χ0v) is 11.3. The van der Waals surface area contributed by atoms with E-state index in [4.69, 9.17) is 4.74 Å². The minimum atomic E-state index is -0.316. The predicted molar refractivity (Wildman–Crippen MR) is 71.9 cm³/mol. The summed E-state index contributed by atoms with van der Waals surface area (Å²) < 4.78 is 4.84. The van der Waals surface area contributed by atoms with E-state index in [1.165, 1.54) is 4.90 Å². The number of rotatable bonds is 3. The Labute approximate surface area is 112 Å². The van der Waals surface area contributed by atoms with Gasteiger partial charge in [-0.25, -0.2) is 4.79 Å². The molecule has 17 heavy (non-hydrogen) atoms. The average molecular weight is 274 g/mol. The van der Waals surface area contributed by atoms with Gasteiger partial charge in [0, 0.05) is 11.3 Å². The fourth-order valence-electron chi connectivity index (χ4n) is 1.74. The average Bonchev–Trinajstić information content (AvgIpc) is 2.30. The maximum Gasteiger partial charge on any atom is 0.407 e. The molecule has 5 heteroatoms. The van der Waals surface area contributed by atoms with Crippen molar-refractivity contribution in [3.63, 3.8) is 0 Å². The number of amides is 1. The van der Waals surface area contributed by atoms with E-state index in [9.17, 15) is 4.79 Å². The molecule has 1 aliphatic rings. The molecule has 0 radical (unpaired) electrons. The largest absolute Gasteiger partial charge is 0.449 e. The lowest BCUT2D eigenvalue weighted by Gasteiger charge is -2.23. The van der Waals surface area contributed by atoms with Crippen LogP contribution in [0, 0.1) is 0 Å². The number of carbonyl (C=O) groups is 1. The first-order valence-electron chi connectivity index (χ1n) is 5.45. The molecule has 2 rings (SSSR count). The molecule has 0 unspecified atom stereocenters. The van der Waals surface area contributed by atoms with Crippen molar-refractivity contribution in [1.82, 2.24) is 5.32 Å². The van der Waals surface area contributed by atoms with E-state index in [-0.39, 0.29) is 24.5 Å². The highest BCUT2D eigenvalue weighted by Gasteiger charge is 2.20. The van der Waals surface area contributed by atoms with Crippen molar-refractivity contribution >= 4 is 30.3 Å². The second-order valence-electron chi connectivity index (χ2n) is 3.62. The van der Waals surface area contributed by atoms with Crippen LogP contribution >= 0.6 is 24.2 Å². The Hall–Kier alpha value is -0.870. The third kappa shape index (κ3) is 3.82. The van der Waals surface area contributed by atoms with E-state index < -0.39 is 0 Å². The SMILES string of the molecule is CCSc1ccc([C@H]2CCOC(=O)N2)cc1.Cl. The van der Waals surface area contributed by atoms with E-state index in [1.807, 2.05) is 11.8 Å². The lowest BCUT2D eigenvalue weighted by atomic mass is 10.0. The molecule has 1 N–H and O–H groups in total. The molecule has 94 valence electrons. The maximum absolute atomic E-state index is 11.1. The van der Waals surface area contributed by atoms with E-state index in [1.54, 1.807) is 0 Å². The molecule has 1 heterocycles. The van der Waals surface area contributed by atoms with Gasteiger partial charge in [-0.15, -0.1) is 24.2 Å². The number of ether oxygens (including phenoxy) is 1. The number of halogens is 1. The number of hydrogen-bond donors (Lipinski definition) is 1. The number of nitrogens with one attached hydrogen (secondary N) is 1. The molecule has 0 aromatic heterocycles. The van der Waals surface area contributed by atoms with Crippen LogP contribution in [0.1, 0.15) is 24.9 Å². The molecule has 1 aromatic carbocycles. The van der Waals surface area contributed by atoms with Crippen LogP contribution in [0.4, 0.5) is 4.79 Å². The normalized spacial score (nSPS) is 18.9. The van der Waals surface area contributed by atoms with Gasteiger partial charge in [0.2, 0.25) is 0 Å². The minimum absolute atomic E-state index is 0. The number of cyclic esters (lactones) is 1. The molecule has 0 bridgehead atoms. The van der Waals surface area contributed by atoms with E-state index >= 15 is 0 Å². The summed E-state index contributed by atoms with van der Waals surface area (Å²) in [6.45, 7) is 2.64. The highest BCUT2D eigenvalue weighted by atomic mass is 35.5. The molecule has 0 saturated carbocycles. The molecule has 1 saturated heterocycles. The van der Waals surface area contributed by atoms with Crippen LogP contribution in [0.5, 0.6) is 0 Å². The van der Waals surface area contributed by atoms with Crippen LogP contribution in [-0.4, -0.2) is 18.5 Å². The predicted octanol–water partition coefficient (Wildman–Crippen LogP) is 3.39. The summed E-state index contributed by atoms with van der Waals surface area (Å²) in [5, 5.41) is 2.82.